The van der Waals surface area contributed by atoms with Gasteiger partial charge in [-0.25, -0.2) is 0 Å². The lowest BCUT2D eigenvalue weighted by molar-refractivity contribution is -0.138. The average Bonchev–Trinajstić information content (AvgIpc) is 1.99. The van der Waals surface area contributed by atoms with Crippen LogP contribution in [0, 0.1) is 0 Å². The van der Waals surface area contributed by atoms with Gasteiger partial charge in [0.1, 0.15) is 4.75 Å². The van der Waals surface area contributed by atoms with Gasteiger partial charge in [0, 0.05) is 14.9 Å². The first-order valence-electron chi connectivity index (χ1n) is 4.20. The van der Waals surface area contributed by atoms with Crippen molar-refractivity contribution in [1.29, 1.82) is 0 Å². The molecule has 0 aliphatic heterocycles. The molecule has 0 aliphatic carbocycles. The number of rotatable bonds is 3. The Labute approximate surface area is 103 Å². The zero-order valence-electron chi connectivity index (χ0n) is 8.25. The maximum absolute atomic E-state index is 10.9. The quantitative estimate of drug-likeness (QED) is 0.841. The van der Waals surface area contributed by atoms with Crippen LogP contribution in [0.5, 0.6) is 0 Å². The Morgan fingerprint density at radius 2 is 1.73 bits per heavy atom. The van der Waals surface area contributed by atoms with Crippen molar-refractivity contribution in [3.05, 3.63) is 28.2 Å². The van der Waals surface area contributed by atoms with Gasteiger partial charge in [-0.05, 0) is 32.0 Å². The van der Waals surface area contributed by atoms with Gasteiger partial charge in [0.15, 0.2) is 0 Å². The molecule has 2 nitrogen and oxygen atoms in total. The molecule has 0 fully saturated rings. The van der Waals surface area contributed by atoms with Crippen molar-refractivity contribution in [2.75, 3.05) is 0 Å². The molecular weight excluding hydrogens is 255 g/mol. The average molecular weight is 265 g/mol. The minimum atomic E-state index is -0.895. The Hall–Kier alpha value is -0.380. The molecule has 0 bridgehead atoms. The summed E-state index contributed by atoms with van der Waals surface area (Å²) in [6, 6.07) is 5.01. The molecule has 15 heavy (non-hydrogen) atoms. The molecule has 0 saturated carbocycles. The van der Waals surface area contributed by atoms with Gasteiger partial charge in [0.2, 0.25) is 0 Å². The lowest BCUT2D eigenvalue weighted by Crippen LogP contribution is -2.26. The Morgan fingerprint density at radius 3 is 2.13 bits per heavy atom. The van der Waals surface area contributed by atoms with Crippen LogP contribution in [-0.2, 0) is 4.79 Å². The molecule has 1 aromatic rings. The molecule has 0 aromatic heterocycles. The summed E-state index contributed by atoms with van der Waals surface area (Å²) in [5.41, 5.74) is 0. The second kappa shape index (κ2) is 4.64. The van der Waals surface area contributed by atoms with E-state index >= 15 is 0 Å². The van der Waals surface area contributed by atoms with Crippen LogP contribution in [0.3, 0.4) is 0 Å². The van der Waals surface area contributed by atoms with Crippen molar-refractivity contribution in [3.8, 4) is 0 Å². The SMILES string of the molecule is CC(C)(Sc1cc(Cl)cc(Cl)c1)C(=O)O. The van der Waals surface area contributed by atoms with Gasteiger partial charge in [-0.2, -0.15) is 0 Å². The first kappa shape index (κ1) is 12.7. The summed E-state index contributed by atoms with van der Waals surface area (Å²) in [6.07, 6.45) is 0. The summed E-state index contributed by atoms with van der Waals surface area (Å²) in [4.78, 5) is 11.7. The highest BCUT2D eigenvalue weighted by molar-refractivity contribution is 8.01. The summed E-state index contributed by atoms with van der Waals surface area (Å²) >= 11 is 12.8. The number of halogens is 2. The van der Waals surface area contributed by atoms with Crippen LogP contribution in [0.2, 0.25) is 10.0 Å². The number of thioether (sulfide) groups is 1. The molecule has 0 heterocycles. The lowest BCUT2D eigenvalue weighted by Gasteiger charge is -2.18. The molecule has 5 heteroatoms. The molecule has 0 spiro atoms. The van der Waals surface area contributed by atoms with Crippen molar-refractivity contribution < 1.29 is 9.90 Å². The standard InChI is InChI=1S/C10H10Cl2O2S/c1-10(2,9(13)14)15-8-4-6(11)3-7(12)5-8/h3-5H,1-2H3,(H,13,14). The fourth-order valence-electron chi connectivity index (χ4n) is 0.926. The summed E-state index contributed by atoms with van der Waals surface area (Å²) in [6.45, 7) is 3.27. The third kappa shape index (κ3) is 3.59. The highest BCUT2D eigenvalue weighted by Crippen LogP contribution is 2.35. The normalized spacial score (nSPS) is 11.5. The van der Waals surface area contributed by atoms with Gasteiger partial charge in [-0.1, -0.05) is 23.2 Å². The van der Waals surface area contributed by atoms with Crippen LogP contribution in [0.25, 0.3) is 0 Å². The van der Waals surface area contributed by atoms with Gasteiger partial charge < -0.3 is 5.11 Å². The van der Waals surface area contributed by atoms with Crippen LogP contribution < -0.4 is 0 Å². The molecule has 0 amide bonds. The smallest absolute Gasteiger partial charge is 0.319 e. The largest absolute Gasteiger partial charge is 0.480 e. The summed E-state index contributed by atoms with van der Waals surface area (Å²) in [5, 5.41) is 9.97. The number of hydrogen-bond acceptors (Lipinski definition) is 2. The van der Waals surface area contributed by atoms with Crippen LogP contribution in [-0.4, -0.2) is 15.8 Å². The summed E-state index contributed by atoms with van der Waals surface area (Å²) in [5.74, 6) is -0.872. The summed E-state index contributed by atoms with van der Waals surface area (Å²) < 4.78 is -0.895. The molecule has 0 atom stereocenters. The molecule has 1 aromatic carbocycles. The zero-order valence-corrected chi connectivity index (χ0v) is 10.6. The van der Waals surface area contributed by atoms with Crippen molar-refractivity contribution >= 4 is 40.9 Å². The summed E-state index contributed by atoms with van der Waals surface area (Å²) in [7, 11) is 0. The first-order valence-corrected chi connectivity index (χ1v) is 5.77. The Kier molecular flexibility index (Phi) is 3.93. The second-order valence-corrected chi connectivity index (χ2v) is 6.09. The van der Waals surface area contributed by atoms with Crippen molar-refractivity contribution in [1.82, 2.24) is 0 Å². The van der Waals surface area contributed by atoms with Gasteiger partial charge in [0.05, 0.1) is 0 Å². The third-order valence-corrected chi connectivity index (χ3v) is 3.32. The number of aliphatic carboxylic acids is 1. The van der Waals surface area contributed by atoms with Crippen molar-refractivity contribution in [2.24, 2.45) is 0 Å². The van der Waals surface area contributed by atoms with Crippen molar-refractivity contribution in [2.45, 2.75) is 23.5 Å². The zero-order chi connectivity index (χ0) is 11.6. The molecule has 0 saturated heterocycles. The van der Waals surface area contributed by atoms with E-state index in [-0.39, 0.29) is 0 Å². The van der Waals surface area contributed by atoms with E-state index in [0.717, 1.165) is 4.90 Å². The maximum atomic E-state index is 10.9. The highest BCUT2D eigenvalue weighted by Gasteiger charge is 2.28. The van der Waals surface area contributed by atoms with Crippen LogP contribution in [0.4, 0.5) is 0 Å². The maximum Gasteiger partial charge on any atom is 0.319 e. The molecule has 0 unspecified atom stereocenters. The van der Waals surface area contributed by atoms with E-state index in [9.17, 15) is 4.79 Å². The van der Waals surface area contributed by atoms with Gasteiger partial charge in [-0.3, -0.25) is 4.79 Å². The number of carbonyl (C=O) groups is 1. The van der Waals surface area contributed by atoms with E-state index < -0.39 is 10.7 Å². The van der Waals surface area contributed by atoms with E-state index in [1.54, 1.807) is 32.0 Å². The minimum Gasteiger partial charge on any atom is -0.480 e. The van der Waals surface area contributed by atoms with E-state index in [2.05, 4.69) is 0 Å². The lowest BCUT2D eigenvalue weighted by atomic mass is 10.2. The van der Waals surface area contributed by atoms with Gasteiger partial charge >= 0.3 is 5.97 Å². The molecule has 0 aliphatic rings. The Bertz CT molecular complexity index is 371. The third-order valence-electron chi connectivity index (χ3n) is 1.72. The van der Waals surface area contributed by atoms with Crippen LogP contribution >= 0.6 is 35.0 Å². The molecule has 1 N–H and O–H groups in total. The Balaban J connectivity index is 2.94. The monoisotopic (exact) mass is 264 g/mol. The molecule has 82 valence electrons. The van der Waals surface area contributed by atoms with Gasteiger partial charge in [-0.15, -0.1) is 11.8 Å². The van der Waals surface area contributed by atoms with E-state index in [4.69, 9.17) is 28.3 Å². The number of carboxylic acids is 1. The Morgan fingerprint density at radius 1 is 1.27 bits per heavy atom. The number of carboxylic acid groups (broad SMARTS) is 1. The highest BCUT2D eigenvalue weighted by atomic mass is 35.5. The number of benzene rings is 1. The van der Waals surface area contributed by atoms with Crippen LogP contribution in [0.15, 0.2) is 23.1 Å². The molecule has 0 radical (unpaired) electrons. The van der Waals surface area contributed by atoms with Crippen LogP contribution in [0.1, 0.15) is 13.8 Å². The number of hydrogen-bond donors (Lipinski definition) is 1. The minimum absolute atomic E-state index is 0.506. The van der Waals surface area contributed by atoms with Gasteiger partial charge in [0.25, 0.3) is 0 Å². The fraction of sp³-hybridized carbons (Fsp3) is 0.300. The topological polar surface area (TPSA) is 37.3 Å². The molecular formula is C10H10Cl2O2S. The second-order valence-electron chi connectivity index (χ2n) is 3.52. The van der Waals surface area contributed by atoms with E-state index in [1.807, 2.05) is 0 Å². The predicted molar refractivity (Wildman–Crippen MR) is 64.0 cm³/mol. The first-order chi connectivity index (χ1) is 6.81. The van der Waals surface area contributed by atoms with E-state index in [0.29, 0.717) is 10.0 Å². The predicted octanol–water partition coefficient (Wildman–Crippen LogP) is 3.95. The van der Waals surface area contributed by atoms with Crippen molar-refractivity contribution in [3.63, 3.8) is 0 Å². The molecule has 1 rings (SSSR count). The van der Waals surface area contributed by atoms with E-state index in [1.165, 1.54) is 11.8 Å². The fourth-order valence-corrected chi connectivity index (χ4v) is 2.63.